The van der Waals surface area contributed by atoms with E-state index in [4.69, 9.17) is 14.9 Å². The number of benzene rings is 1. The molecule has 1 aliphatic rings. The number of likely N-dealkylation sites (tertiary alicyclic amines) is 1. The lowest BCUT2D eigenvalue weighted by Crippen LogP contribution is -2.39. The zero-order valence-electron chi connectivity index (χ0n) is 20.7. The normalized spacial score (nSPS) is 15.6. The first kappa shape index (κ1) is 26.4. The van der Waals surface area contributed by atoms with Gasteiger partial charge in [0, 0.05) is 30.6 Å². The second-order valence-electron chi connectivity index (χ2n) is 9.07. The van der Waals surface area contributed by atoms with Crippen molar-refractivity contribution in [1.29, 1.82) is 0 Å². The number of pyridine rings is 1. The van der Waals surface area contributed by atoms with Crippen LogP contribution >= 0.6 is 0 Å². The summed E-state index contributed by atoms with van der Waals surface area (Å²) in [5.74, 6) is -0.784. The summed E-state index contributed by atoms with van der Waals surface area (Å²) in [5.41, 5.74) is 5.18. The Hall–Kier alpha value is -3.67. The molecular formula is C25H28F3N5O4. The Morgan fingerprint density at radius 1 is 1.16 bits per heavy atom. The molecule has 1 saturated heterocycles. The van der Waals surface area contributed by atoms with Crippen LogP contribution in [0.3, 0.4) is 0 Å². The number of amides is 2. The zero-order chi connectivity index (χ0) is 26.9. The Labute approximate surface area is 211 Å². The molecule has 12 heteroatoms. The molecule has 3 N–H and O–H groups in total. The molecule has 3 aromatic rings. The highest BCUT2D eigenvalue weighted by molar-refractivity contribution is 5.98. The quantitative estimate of drug-likeness (QED) is 0.485. The molecule has 0 saturated carbocycles. The van der Waals surface area contributed by atoms with Gasteiger partial charge in [-0.25, -0.2) is 9.97 Å². The summed E-state index contributed by atoms with van der Waals surface area (Å²) in [6.07, 6.45) is -2.70. The van der Waals surface area contributed by atoms with Crippen molar-refractivity contribution in [3.63, 3.8) is 0 Å². The van der Waals surface area contributed by atoms with Crippen molar-refractivity contribution in [2.45, 2.75) is 38.9 Å². The number of hydrogen-bond donors (Lipinski definition) is 2. The fourth-order valence-corrected chi connectivity index (χ4v) is 4.29. The Morgan fingerprint density at radius 2 is 1.86 bits per heavy atom. The summed E-state index contributed by atoms with van der Waals surface area (Å²) < 4.78 is 50.8. The van der Waals surface area contributed by atoms with Crippen LogP contribution in [0, 0.1) is 5.92 Å². The first-order chi connectivity index (χ1) is 17.5. The van der Waals surface area contributed by atoms with Crippen LogP contribution in [0.2, 0.25) is 0 Å². The lowest BCUT2D eigenvalue weighted by molar-refractivity contribution is -0.141. The number of nitrogens with one attached hydrogen (secondary N) is 1. The molecule has 2 amide bonds. The standard InChI is InChI=1S/C25H28F3N5O4/c1-13(24(35)33-10-4-5-11-33)12-30-22(34)20-21(14(2)29)37-23(32-20)16-6-8-17(36-3)19-15(16)7-9-18(31-19)25(26,27)28/h6-9,13-14H,4-5,10-12,29H2,1-3H3,(H,30,34)/t13-,14+/m1/s1. The molecular weight excluding hydrogens is 491 g/mol. The lowest BCUT2D eigenvalue weighted by atomic mass is 10.1. The summed E-state index contributed by atoms with van der Waals surface area (Å²) in [7, 11) is 1.33. The Kier molecular flexibility index (Phi) is 7.39. The lowest BCUT2D eigenvalue weighted by Gasteiger charge is -2.20. The smallest absolute Gasteiger partial charge is 0.433 e. The average molecular weight is 520 g/mol. The highest BCUT2D eigenvalue weighted by atomic mass is 19.4. The monoisotopic (exact) mass is 519 g/mol. The second kappa shape index (κ2) is 10.4. The van der Waals surface area contributed by atoms with Gasteiger partial charge in [0.15, 0.2) is 11.5 Å². The summed E-state index contributed by atoms with van der Waals surface area (Å²) in [5, 5.41) is 3.01. The van der Waals surface area contributed by atoms with Crippen LogP contribution in [-0.2, 0) is 11.0 Å². The van der Waals surface area contributed by atoms with E-state index in [1.54, 1.807) is 24.8 Å². The predicted octanol–water partition coefficient (Wildman–Crippen LogP) is 3.93. The third kappa shape index (κ3) is 5.38. The van der Waals surface area contributed by atoms with Crippen LogP contribution in [0.4, 0.5) is 13.2 Å². The summed E-state index contributed by atoms with van der Waals surface area (Å²) in [6.45, 7) is 4.89. The molecule has 2 aromatic heterocycles. The van der Waals surface area contributed by atoms with Crippen LogP contribution in [0.15, 0.2) is 28.7 Å². The molecule has 0 bridgehead atoms. The van der Waals surface area contributed by atoms with Crippen molar-refractivity contribution in [2.24, 2.45) is 11.7 Å². The van der Waals surface area contributed by atoms with E-state index in [1.807, 2.05) is 0 Å². The number of rotatable bonds is 7. The van der Waals surface area contributed by atoms with Gasteiger partial charge in [0.2, 0.25) is 11.8 Å². The largest absolute Gasteiger partial charge is 0.494 e. The molecule has 0 aliphatic carbocycles. The number of oxazole rings is 1. The number of alkyl halides is 3. The Balaban J connectivity index is 1.65. The van der Waals surface area contributed by atoms with Crippen LogP contribution < -0.4 is 15.8 Å². The molecule has 37 heavy (non-hydrogen) atoms. The van der Waals surface area contributed by atoms with Gasteiger partial charge in [0.05, 0.1) is 19.1 Å². The van der Waals surface area contributed by atoms with Crippen LogP contribution in [0.25, 0.3) is 22.4 Å². The first-order valence-electron chi connectivity index (χ1n) is 11.9. The minimum absolute atomic E-state index is 0.00662. The van der Waals surface area contributed by atoms with E-state index in [0.717, 1.165) is 18.9 Å². The maximum absolute atomic E-state index is 13.3. The molecule has 1 aromatic carbocycles. The molecule has 4 rings (SSSR count). The molecule has 0 unspecified atom stereocenters. The van der Waals surface area contributed by atoms with Crippen molar-refractivity contribution in [3.05, 3.63) is 41.4 Å². The average Bonchev–Trinajstić information content (AvgIpc) is 3.56. The van der Waals surface area contributed by atoms with Gasteiger partial charge in [-0.15, -0.1) is 0 Å². The van der Waals surface area contributed by atoms with Crippen molar-refractivity contribution < 1.29 is 31.9 Å². The highest BCUT2D eigenvalue weighted by Gasteiger charge is 2.33. The van der Waals surface area contributed by atoms with E-state index in [0.29, 0.717) is 24.0 Å². The number of halogens is 3. The van der Waals surface area contributed by atoms with Crippen LogP contribution in [0.1, 0.15) is 54.7 Å². The minimum Gasteiger partial charge on any atom is -0.494 e. The molecule has 9 nitrogen and oxygen atoms in total. The van der Waals surface area contributed by atoms with Gasteiger partial charge in [0.25, 0.3) is 5.91 Å². The maximum Gasteiger partial charge on any atom is 0.433 e. The van der Waals surface area contributed by atoms with Gasteiger partial charge in [-0.2, -0.15) is 13.2 Å². The number of nitrogens with zero attached hydrogens (tertiary/aromatic N) is 3. The fraction of sp³-hybridized carbons (Fsp3) is 0.440. The van der Waals surface area contributed by atoms with Crippen molar-refractivity contribution in [2.75, 3.05) is 26.7 Å². The molecule has 198 valence electrons. The third-order valence-electron chi connectivity index (χ3n) is 6.25. The topological polar surface area (TPSA) is 124 Å². The van der Waals surface area contributed by atoms with Crippen molar-refractivity contribution in [1.82, 2.24) is 20.2 Å². The van der Waals surface area contributed by atoms with Gasteiger partial charge in [-0.1, -0.05) is 6.92 Å². The molecule has 0 radical (unpaired) electrons. The van der Waals surface area contributed by atoms with E-state index in [-0.39, 0.29) is 41.1 Å². The number of hydrogen-bond acceptors (Lipinski definition) is 7. The second-order valence-corrected chi connectivity index (χ2v) is 9.07. The SMILES string of the molecule is COc1ccc(-c2nc(C(=O)NC[C@@H](C)C(=O)N3CCCC3)c([C@H](C)N)o2)c2ccc(C(F)(F)F)nc12. The van der Waals surface area contributed by atoms with E-state index >= 15 is 0 Å². The van der Waals surface area contributed by atoms with E-state index in [2.05, 4.69) is 15.3 Å². The van der Waals surface area contributed by atoms with E-state index in [9.17, 15) is 22.8 Å². The van der Waals surface area contributed by atoms with E-state index < -0.39 is 29.7 Å². The molecule has 3 heterocycles. The fourth-order valence-electron chi connectivity index (χ4n) is 4.29. The molecule has 1 fully saturated rings. The van der Waals surface area contributed by atoms with E-state index in [1.165, 1.54) is 19.2 Å². The third-order valence-corrected chi connectivity index (χ3v) is 6.25. The first-order valence-corrected chi connectivity index (χ1v) is 11.9. The minimum atomic E-state index is -4.64. The van der Waals surface area contributed by atoms with Crippen LogP contribution in [-0.4, -0.2) is 53.4 Å². The maximum atomic E-state index is 13.3. The molecule has 0 spiro atoms. The number of ether oxygens (including phenoxy) is 1. The zero-order valence-corrected chi connectivity index (χ0v) is 20.7. The number of methoxy groups -OCH3 is 1. The number of aromatic nitrogens is 2. The van der Waals surface area contributed by atoms with Crippen molar-refractivity contribution >= 4 is 22.7 Å². The summed E-state index contributed by atoms with van der Waals surface area (Å²) >= 11 is 0. The molecule has 2 atom stereocenters. The molecule has 1 aliphatic heterocycles. The van der Waals surface area contributed by atoms with Gasteiger partial charge in [-0.3, -0.25) is 9.59 Å². The van der Waals surface area contributed by atoms with Gasteiger partial charge < -0.3 is 25.1 Å². The Morgan fingerprint density at radius 3 is 2.49 bits per heavy atom. The summed E-state index contributed by atoms with van der Waals surface area (Å²) in [6, 6.07) is 4.42. The number of fused-ring (bicyclic) bond motifs is 1. The number of carbonyl (C=O) groups excluding carboxylic acids is 2. The van der Waals surface area contributed by atoms with Gasteiger partial charge in [-0.05, 0) is 44.0 Å². The number of carbonyl (C=O) groups is 2. The van der Waals surface area contributed by atoms with Gasteiger partial charge in [0.1, 0.15) is 17.0 Å². The number of nitrogens with two attached hydrogens (primary N) is 1. The van der Waals surface area contributed by atoms with Crippen molar-refractivity contribution in [3.8, 4) is 17.2 Å². The predicted molar refractivity (Wildman–Crippen MR) is 129 cm³/mol. The summed E-state index contributed by atoms with van der Waals surface area (Å²) in [4.78, 5) is 35.4. The van der Waals surface area contributed by atoms with Gasteiger partial charge >= 0.3 is 6.18 Å². The van der Waals surface area contributed by atoms with Crippen LogP contribution in [0.5, 0.6) is 5.75 Å². The highest BCUT2D eigenvalue weighted by Crippen LogP contribution is 2.37. The Bertz CT molecular complexity index is 1320.